The van der Waals surface area contributed by atoms with Crippen LogP contribution >= 0.6 is 11.6 Å². The second kappa shape index (κ2) is 8.78. The van der Waals surface area contributed by atoms with E-state index in [2.05, 4.69) is 15.4 Å². The van der Waals surface area contributed by atoms with Gasteiger partial charge in [0.15, 0.2) is 0 Å². The summed E-state index contributed by atoms with van der Waals surface area (Å²) >= 11 is 6.32. The molecule has 6 nitrogen and oxygen atoms in total. The minimum atomic E-state index is -3.81. The highest BCUT2D eigenvalue weighted by Gasteiger charge is 2.36. The van der Waals surface area contributed by atoms with Crippen LogP contribution in [-0.4, -0.2) is 30.4 Å². The summed E-state index contributed by atoms with van der Waals surface area (Å²) in [5.74, 6) is 0.298. The van der Waals surface area contributed by atoms with E-state index in [1.165, 1.54) is 5.39 Å². The van der Waals surface area contributed by atoms with Gasteiger partial charge in [-0.3, -0.25) is 4.79 Å². The zero-order chi connectivity index (χ0) is 24.0. The number of primary sulfonamides is 1. The van der Waals surface area contributed by atoms with Gasteiger partial charge in [0.25, 0.3) is 6.47 Å². The van der Waals surface area contributed by atoms with Gasteiger partial charge >= 0.3 is 0 Å². The maximum absolute atomic E-state index is 12.3. The number of fused-ring (bicyclic) bond motifs is 4. The first-order valence-corrected chi connectivity index (χ1v) is 13.1. The molecule has 0 spiro atoms. The molecule has 2 atom stereocenters. The molecule has 2 unspecified atom stereocenters. The van der Waals surface area contributed by atoms with Gasteiger partial charge in [-0.2, -0.15) is 0 Å². The first-order chi connectivity index (χ1) is 15.5. The molecule has 2 aliphatic heterocycles. The van der Waals surface area contributed by atoms with Crippen molar-refractivity contribution >= 4 is 39.0 Å². The highest BCUT2D eigenvalue weighted by Crippen LogP contribution is 2.52. The SMILES string of the molecule is CC(C)(C)OC=O.NS(=O)(=O)c1cc(C2CCCC(Cl)C2)ccc1-c1c2c3ccccc3n1-2. The Balaban J connectivity index is 0.000000325. The van der Waals surface area contributed by atoms with Gasteiger partial charge in [-0.15, -0.1) is 11.6 Å². The molecule has 0 amide bonds. The zero-order valence-corrected chi connectivity index (χ0v) is 20.6. The van der Waals surface area contributed by atoms with Gasteiger partial charge in [-0.1, -0.05) is 36.8 Å². The van der Waals surface area contributed by atoms with Crippen molar-refractivity contribution in [3.63, 3.8) is 0 Å². The third-order valence-electron chi connectivity index (χ3n) is 6.07. The van der Waals surface area contributed by atoms with Gasteiger partial charge < -0.3 is 9.30 Å². The van der Waals surface area contributed by atoms with Crippen LogP contribution in [0.25, 0.3) is 27.8 Å². The fourth-order valence-electron chi connectivity index (χ4n) is 4.52. The molecule has 8 heteroatoms. The van der Waals surface area contributed by atoms with E-state index < -0.39 is 10.0 Å². The normalized spacial score (nSPS) is 19.5. The van der Waals surface area contributed by atoms with Crippen LogP contribution in [0.15, 0.2) is 47.4 Å². The topological polar surface area (TPSA) is 91.4 Å². The van der Waals surface area contributed by atoms with Crippen molar-refractivity contribution in [2.24, 2.45) is 5.14 Å². The van der Waals surface area contributed by atoms with Gasteiger partial charge in [0.2, 0.25) is 10.0 Å². The van der Waals surface area contributed by atoms with Crippen molar-refractivity contribution in [1.29, 1.82) is 0 Å². The second-order valence-corrected chi connectivity index (χ2v) is 11.8. The first kappa shape index (κ1) is 23.8. The number of halogens is 1. The highest BCUT2D eigenvalue weighted by molar-refractivity contribution is 7.89. The molecule has 2 aromatic rings. The van der Waals surface area contributed by atoms with Crippen LogP contribution in [0.3, 0.4) is 0 Å². The van der Waals surface area contributed by atoms with Crippen LogP contribution in [0.2, 0.25) is 0 Å². The van der Waals surface area contributed by atoms with Gasteiger partial charge in [0, 0.05) is 16.3 Å². The van der Waals surface area contributed by atoms with Crippen molar-refractivity contribution in [3.05, 3.63) is 48.0 Å². The zero-order valence-electron chi connectivity index (χ0n) is 19.0. The Hall–Kier alpha value is -2.35. The number of carbonyl (C=O) groups excluding carboxylic acids is 1. The van der Waals surface area contributed by atoms with Crippen molar-refractivity contribution < 1.29 is 17.9 Å². The highest BCUT2D eigenvalue weighted by atomic mass is 35.5. The lowest BCUT2D eigenvalue weighted by molar-refractivity contribution is -0.138. The molecule has 1 fully saturated rings. The average molecular weight is 489 g/mol. The fraction of sp³-hybridized carbons (Fsp3) is 0.400. The lowest BCUT2D eigenvalue weighted by atomic mass is 9.83. The number of nitrogens with two attached hydrogens (primary N) is 1. The smallest absolute Gasteiger partial charge is 0.293 e. The van der Waals surface area contributed by atoms with Gasteiger partial charge in [0.05, 0.1) is 21.8 Å². The Labute approximate surface area is 199 Å². The predicted octanol–water partition coefficient (Wildman–Crippen LogP) is 5.48. The number of sulfonamides is 1. The molecule has 1 aliphatic carbocycles. The van der Waals surface area contributed by atoms with Gasteiger partial charge in [-0.25, -0.2) is 13.6 Å². The Morgan fingerprint density at radius 1 is 1.15 bits per heavy atom. The van der Waals surface area contributed by atoms with Crippen molar-refractivity contribution in [2.75, 3.05) is 0 Å². The number of hydrogen-bond acceptors (Lipinski definition) is 4. The molecule has 3 aliphatic rings. The Morgan fingerprint density at radius 2 is 1.88 bits per heavy atom. The lowest BCUT2D eigenvalue weighted by Crippen LogP contribution is -2.17. The molecule has 0 saturated heterocycles. The van der Waals surface area contributed by atoms with Gasteiger partial charge in [0.1, 0.15) is 5.60 Å². The minimum Gasteiger partial charge on any atom is -0.462 e. The van der Waals surface area contributed by atoms with Crippen LogP contribution in [0.4, 0.5) is 0 Å². The van der Waals surface area contributed by atoms with E-state index in [1.54, 1.807) is 6.07 Å². The van der Waals surface area contributed by atoms with Crippen LogP contribution < -0.4 is 5.14 Å². The van der Waals surface area contributed by atoms with Crippen LogP contribution in [-0.2, 0) is 19.6 Å². The maximum Gasteiger partial charge on any atom is 0.293 e. The fourth-order valence-corrected chi connectivity index (χ4v) is 5.66. The van der Waals surface area contributed by atoms with Crippen LogP contribution in [0.1, 0.15) is 57.9 Å². The molecular weight excluding hydrogens is 460 g/mol. The number of nitrogens with zero attached hydrogens (tertiary/aromatic N) is 1. The van der Waals surface area contributed by atoms with E-state index in [4.69, 9.17) is 16.7 Å². The summed E-state index contributed by atoms with van der Waals surface area (Å²) in [6.07, 6.45) is 4.03. The number of aromatic nitrogens is 1. The Kier molecular flexibility index (Phi) is 6.33. The van der Waals surface area contributed by atoms with Crippen LogP contribution in [0, 0.1) is 0 Å². The van der Waals surface area contributed by atoms with Crippen molar-refractivity contribution in [2.45, 2.75) is 68.2 Å². The van der Waals surface area contributed by atoms with E-state index >= 15 is 0 Å². The number of ether oxygens (including phenoxy) is 1. The molecule has 33 heavy (non-hydrogen) atoms. The molecule has 0 aromatic heterocycles. The van der Waals surface area contributed by atoms with Crippen molar-refractivity contribution in [1.82, 2.24) is 4.57 Å². The molecular formula is C25H29ClN2O4S. The molecule has 2 heterocycles. The maximum atomic E-state index is 12.3. The molecule has 2 N–H and O–H groups in total. The number of benzene rings is 2. The quantitative estimate of drug-likeness (QED) is 0.304. The van der Waals surface area contributed by atoms with Crippen molar-refractivity contribution in [3.8, 4) is 16.9 Å². The summed E-state index contributed by atoms with van der Waals surface area (Å²) < 4.78 is 31.2. The summed E-state index contributed by atoms with van der Waals surface area (Å²) in [6.45, 7) is 5.92. The molecule has 5 rings (SSSR count). The van der Waals surface area contributed by atoms with E-state index in [9.17, 15) is 13.2 Å². The third-order valence-corrected chi connectivity index (χ3v) is 7.42. The predicted molar refractivity (Wildman–Crippen MR) is 131 cm³/mol. The van der Waals surface area contributed by atoms with Gasteiger partial charge in [-0.05, 0) is 63.6 Å². The van der Waals surface area contributed by atoms with E-state index in [1.807, 2.05) is 51.1 Å². The summed E-state index contributed by atoms with van der Waals surface area (Å²) in [5, 5.41) is 6.90. The monoisotopic (exact) mass is 488 g/mol. The lowest BCUT2D eigenvalue weighted by Gasteiger charge is -2.26. The minimum absolute atomic E-state index is 0.163. The molecule has 0 radical (unpaired) electrons. The Bertz CT molecular complexity index is 1270. The molecule has 1 saturated carbocycles. The number of alkyl halides is 1. The van der Waals surface area contributed by atoms with E-state index in [0.717, 1.165) is 48.1 Å². The standard InChI is InChI=1S/C20H19ClN2O2S.C5H10O2/c21-14-5-3-4-12(10-14)13-8-9-16(18(11-13)26(22,24)25)20-19-15-6-1-2-7-17(15)23(19)20;1-5(2,3)7-4-6/h1-2,6-9,11-12,14H,3-5,10H2,(H2,22,24,25);4H,1-3H3. The third kappa shape index (κ3) is 4.95. The molecule has 0 bridgehead atoms. The second-order valence-electron chi connectivity index (χ2n) is 9.64. The summed E-state index contributed by atoms with van der Waals surface area (Å²) in [4.78, 5) is 9.82. The summed E-state index contributed by atoms with van der Waals surface area (Å²) in [5.41, 5.74) is 4.59. The Morgan fingerprint density at radius 3 is 2.45 bits per heavy atom. The largest absolute Gasteiger partial charge is 0.462 e. The number of para-hydroxylation sites is 1. The number of hydrogen-bond donors (Lipinski definition) is 1. The molecule has 176 valence electrons. The average Bonchev–Trinajstić information content (AvgIpc) is 3.39. The number of rotatable bonds is 4. The summed E-state index contributed by atoms with van der Waals surface area (Å²) in [6, 6.07) is 13.8. The van der Waals surface area contributed by atoms with Crippen LogP contribution in [0.5, 0.6) is 0 Å². The first-order valence-electron chi connectivity index (χ1n) is 11.1. The number of carbonyl (C=O) groups is 1. The molecule has 2 aromatic carbocycles. The van der Waals surface area contributed by atoms with E-state index in [0.29, 0.717) is 18.0 Å². The summed E-state index contributed by atoms with van der Waals surface area (Å²) in [7, 11) is -3.81. The van der Waals surface area contributed by atoms with E-state index in [-0.39, 0.29) is 15.9 Å².